The molecule has 0 spiro atoms. The van der Waals surface area contributed by atoms with Gasteiger partial charge in [0.05, 0.1) is 31.2 Å². The lowest BCUT2D eigenvalue weighted by molar-refractivity contribution is -0.142. The van der Waals surface area contributed by atoms with Crippen LogP contribution in [0.3, 0.4) is 0 Å². The second kappa shape index (κ2) is 15.3. The minimum Gasteiger partial charge on any atom is -0.497 e. The van der Waals surface area contributed by atoms with Gasteiger partial charge in [-0.05, 0) is 82.4 Å². The van der Waals surface area contributed by atoms with Crippen LogP contribution in [0.1, 0.15) is 79.1 Å². The molecule has 2 aromatic rings. The first-order valence-electron chi connectivity index (χ1n) is 18.8. The fourth-order valence-electron chi connectivity index (χ4n) is 7.77. The average molecular weight is 770 g/mol. The van der Waals surface area contributed by atoms with E-state index in [1.807, 2.05) is 32.9 Å². The Balaban J connectivity index is 1.36. The molecule has 4 aliphatic rings. The van der Waals surface area contributed by atoms with Crippen molar-refractivity contribution in [2.75, 3.05) is 20.3 Å². The van der Waals surface area contributed by atoms with Gasteiger partial charge in [0.15, 0.2) is 0 Å². The van der Waals surface area contributed by atoms with E-state index >= 15 is 0 Å². The number of nitrogens with zero attached hydrogens (tertiary/aromatic N) is 2. The van der Waals surface area contributed by atoms with Crippen LogP contribution in [0.25, 0.3) is 10.8 Å². The number of rotatable bonds is 10. The van der Waals surface area contributed by atoms with E-state index in [9.17, 15) is 32.7 Å². The quantitative estimate of drug-likeness (QED) is 0.255. The van der Waals surface area contributed by atoms with Gasteiger partial charge in [-0.1, -0.05) is 32.4 Å². The lowest BCUT2D eigenvalue weighted by atomic mass is 9.85. The Labute approximate surface area is 315 Å². The topological polar surface area (TPSA) is 203 Å². The summed E-state index contributed by atoms with van der Waals surface area (Å²) in [5.74, 6) is -1.45. The predicted octanol–water partition coefficient (Wildman–Crippen LogP) is 3.90. The number of ether oxygens (including phenoxy) is 3. The second-order valence-corrected chi connectivity index (χ2v) is 17.5. The summed E-state index contributed by atoms with van der Waals surface area (Å²) in [6.07, 6.45) is 6.66. The number of amides is 4. The van der Waals surface area contributed by atoms with Crippen LogP contribution in [0.5, 0.6) is 17.4 Å². The van der Waals surface area contributed by atoms with Crippen LogP contribution in [0, 0.1) is 17.8 Å². The van der Waals surface area contributed by atoms with Crippen LogP contribution in [-0.2, 0) is 24.4 Å². The molecular weight excluding hydrogens is 719 g/mol. The Bertz CT molecular complexity index is 1930. The maximum Gasteiger partial charge on any atom is 0.405 e. The number of aromatic nitrogens is 1. The van der Waals surface area contributed by atoms with Crippen molar-refractivity contribution < 1.29 is 46.9 Å². The Hall–Kier alpha value is -4.60. The van der Waals surface area contributed by atoms with Crippen LogP contribution in [0.15, 0.2) is 36.5 Å². The van der Waals surface area contributed by atoms with Gasteiger partial charge in [0.25, 0.3) is 5.91 Å². The highest BCUT2D eigenvalue weighted by atomic mass is 32.2. The van der Waals surface area contributed by atoms with Crippen molar-refractivity contribution in [3.8, 4) is 17.4 Å². The largest absolute Gasteiger partial charge is 0.497 e. The number of methoxy groups -OCH3 is 1. The van der Waals surface area contributed by atoms with E-state index in [4.69, 9.17) is 14.2 Å². The number of carbonyl (C=O) groups is 4. The highest BCUT2D eigenvalue weighted by Crippen LogP contribution is 2.48. The minimum atomic E-state index is -4.01. The van der Waals surface area contributed by atoms with Crippen LogP contribution >= 0.6 is 0 Å². The van der Waals surface area contributed by atoms with Crippen molar-refractivity contribution in [3.05, 3.63) is 36.5 Å². The summed E-state index contributed by atoms with van der Waals surface area (Å²) in [5, 5.41) is 16.5. The Kier molecular flexibility index (Phi) is 11.1. The van der Waals surface area contributed by atoms with Gasteiger partial charge in [-0.15, -0.1) is 0 Å². The van der Waals surface area contributed by atoms with Crippen LogP contribution in [-0.4, -0.2) is 96.0 Å². The van der Waals surface area contributed by atoms with Gasteiger partial charge in [0.2, 0.25) is 27.7 Å². The van der Waals surface area contributed by atoms with Gasteiger partial charge >= 0.3 is 6.09 Å². The van der Waals surface area contributed by atoms with Crippen molar-refractivity contribution >= 4 is 44.6 Å². The van der Waals surface area contributed by atoms with Crippen molar-refractivity contribution in [2.45, 2.75) is 108 Å². The van der Waals surface area contributed by atoms with Gasteiger partial charge in [-0.25, -0.2) is 18.2 Å². The molecule has 6 rings (SSSR count). The summed E-state index contributed by atoms with van der Waals surface area (Å²) in [6, 6.07) is 3.00. The lowest BCUT2D eigenvalue weighted by Gasteiger charge is -2.33. The molecule has 7 atom stereocenters. The molecule has 4 amide bonds. The maximum atomic E-state index is 14.6. The molecule has 3 fully saturated rings. The Morgan fingerprint density at radius 2 is 1.91 bits per heavy atom. The van der Waals surface area contributed by atoms with E-state index in [0.29, 0.717) is 61.0 Å². The van der Waals surface area contributed by atoms with E-state index in [2.05, 4.69) is 20.3 Å². The van der Waals surface area contributed by atoms with Gasteiger partial charge in [-0.3, -0.25) is 19.1 Å². The molecule has 15 nitrogen and oxygen atoms in total. The SMILES string of the molecule is CCOc1cnc(O[C@@H]2C[C@H]3C(=O)NC4(C(=O)NS(=O)(=O)C5(C)CC5)CC4/C=C\CC[C@H](C)C[C@@H](CC)[C@H](NC(=O)O)C(=O)N3C2)c2ccc(OC)cc12. The third-order valence-electron chi connectivity index (χ3n) is 11.5. The standard InChI is InChI=1S/C38H51N5O10S/c1-6-23-16-22(3)10-8-9-11-24-19-38(24,35(46)42-54(49,50)37(4)14-15-37)41-32(44)29-18-26(21-43(29)34(45)31(23)40-36(47)48)53-33-27-13-12-25(51-5)17-28(27)30(20-39-33)52-7-2/h9,11-13,17,20,22-24,26,29,31,40H,6-8,10,14-16,18-19,21H2,1-5H3,(H,41,44)(H,42,46)(H,47,48)/b11-9-/t22-,23+,24?,26+,29-,31-,38?/m0/s1. The van der Waals surface area contributed by atoms with E-state index < -0.39 is 68.2 Å². The van der Waals surface area contributed by atoms with Crippen molar-refractivity contribution in [1.82, 2.24) is 25.2 Å². The molecule has 2 aliphatic heterocycles. The van der Waals surface area contributed by atoms with Crippen LogP contribution < -0.4 is 29.6 Å². The molecular formula is C38H51N5O10S. The average Bonchev–Trinajstić information content (AvgIpc) is 4.01. The summed E-state index contributed by atoms with van der Waals surface area (Å²) >= 11 is 0. The third-order valence-corrected chi connectivity index (χ3v) is 13.6. The zero-order valence-electron chi connectivity index (χ0n) is 31.4. The first kappa shape index (κ1) is 39.1. The highest BCUT2D eigenvalue weighted by molar-refractivity contribution is 7.91. The number of hydrogen-bond acceptors (Lipinski definition) is 10. The monoisotopic (exact) mass is 769 g/mol. The maximum absolute atomic E-state index is 14.6. The fourth-order valence-corrected chi connectivity index (χ4v) is 9.08. The molecule has 54 heavy (non-hydrogen) atoms. The summed E-state index contributed by atoms with van der Waals surface area (Å²) in [6.45, 7) is 7.70. The zero-order valence-corrected chi connectivity index (χ0v) is 32.2. The molecule has 1 aromatic heterocycles. The van der Waals surface area contributed by atoms with Gasteiger partial charge in [0, 0.05) is 23.1 Å². The van der Waals surface area contributed by atoms with Gasteiger partial charge in [0.1, 0.15) is 35.2 Å². The molecule has 4 N–H and O–H groups in total. The summed E-state index contributed by atoms with van der Waals surface area (Å²) in [4.78, 5) is 60.8. The molecule has 3 heterocycles. The normalized spacial score (nSPS) is 30.1. The van der Waals surface area contributed by atoms with Crippen LogP contribution in [0.2, 0.25) is 0 Å². The first-order valence-corrected chi connectivity index (χ1v) is 20.2. The molecule has 2 saturated carbocycles. The fraction of sp³-hybridized carbons (Fsp3) is 0.605. The third kappa shape index (κ3) is 7.80. The number of allylic oxidation sites excluding steroid dienone is 1. The molecule has 1 saturated heterocycles. The predicted molar refractivity (Wildman–Crippen MR) is 199 cm³/mol. The van der Waals surface area contributed by atoms with E-state index in [1.54, 1.807) is 32.2 Å². The van der Waals surface area contributed by atoms with Crippen molar-refractivity contribution in [3.63, 3.8) is 0 Å². The molecule has 0 bridgehead atoms. The second-order valence-electron chi connectivity index (χ2n) is 15.4. The number of benzene rings is 1. The molecule has 2 unspecified atom stereocenters. The summed E-state index contributed by atoms with van der Waals surface area (Å²) < 4.78 is 45.2. The number of fused-ring (bicyclic) bond motifs is 3. The van der Waals surface area contributed by atoms with Crippen molar-refractivity contribution in [1.29, 1.82) is 0 Å². The number of carboxylic acid groups (broad SMARTS) is 1. The van der Waals surface area contributed by atoms with E-state index in [1.165, 1.54) is 11.1 Å². The number of carbonyl (C=O) groups excluding carboxylic acids is 3. The number of sulfonamides is 1. The lowest BCUT2D eigenvalue weighted by Crippen LogP contribution is -2.59. The van der Waals surface area contributed by atoms with Crippen molar-refractivity contribution in [2.24, 2.45) is 17.8 Å². The minimum absolute atomic E-state index is 0.00826. The first-order chi connectivity index (χ1) is 25.6. The van der Waals surface area contributed by atoms with Crippen LogP contribution in [0.4, 0.5) is 4.79 Å². The van der Waals surface area contributed by atoms with Gasteiger partial charge in [-0.2, -0.15) is 0 Å². The smallest absolute Gasteiger partial charge is 0.405 e. The Morgan fingerprint density at radius 1 is 1.15 bits per heavy atom. The summed E-state index contributed by atoms with van der Waals surface area (Å²) in [5.41, 5.74) is -1.55. The molecule has 294 valence electrons. The molecule has 0 radical (unpaired) electrons. The van der Waals surface area contributed by atoms with E-state index in [-0.39, 0.29) is 37.1 Å². The van der Waals surface area contributed by atoms with Gasteiger partial charge < -0.3 is 34.9 Å². The zero-order chi connectivity index (χ0) is 39.0. The molecule has 1 aromatic carbocycles. The molecule has 16 heteroatoms. The number of nitrogens with one attached hydrogen (secondary N) is 3. The number of pyridine rings is 1. The van der Waals surface area contributed by atoms with E-state index in [0.717, 1.165) is 6.42 Å². The molecule has 2 aliphatic carbocycles. The highest BCUT2D eigenvalue weighted by Gasteiger charge is 2.63. The number of hydrogen-bond donors (Lipinski definition) is 4. The Morgan fingerprint density at radius 3 is 2.57 bits per heavy atom. The summed E-state index contributed by atoms with van der Waals surface area (Å²) in [7, 11) is -2.46.